The normalized spacial score (nSPS) is 12.3. The Balaban J connectivity index is 2.13. The zero-order valence-corrected chi connectivity index (χ0v) is 8.74. The van der Waals surface area contributed by atoms with Crippen LogP contribution in [0.4, 0.5) is 0 Å². The summed E-state index contributed by atoms with van der Waals surface area (Å²) < 4.78 is 0. The van der Waals surface area contributed by atoms with E-state index in [-0.39, 0.29) is 6.04 Å². The van der Waals surface area contributed by atoms with E-state index in [2.05, 4.69) is 20.4 Å². The summed E-state index contributed by atoms with van der Waals surface area (Å²) in [6.45, 7) is 0. The third kappa shape index (κ3) is 2.59. The Morgan fingerprint density at radius 3 is 2.69 bits per heavy atom. The maximum atomic E-state index is 5.51. The first kappa shape index (κ1) is 10.7. The summed E-state index contributed by atoms with van der Waals surface area (Å²) in [5.41, 5.74) is 4.67. The molecule has 1 atom stereocenters. The summed E-state index contributed by atoms with van der Waals surface area (Å²) in [5, 5.41) is 0. The van der Waals surface area contributed by atoms with Crippen LogP contribution in [0.1, 0.15) is 17.3 Å². The van der Waals surface area contributed by atoms with Gasteiger partial charge in [-0.3, -0.25) is 26.2 Å². The van der Waals surface area contributed by atoms with E-state index in [1.165, 1.54) is 0 Å². The Hall–Kier alpha value is -1.85. The topological polar surface area (TPSA) is 76.7 Å². The molecule has 16 heavy (non-hydrogen) atoms. The van der Waals surface area contributed by atoms with Crippen molar-refractivity contribution < 1.29 is 0 Å². The van der Waals surface area contributed by atoms with Crippen molar-refractivity contribution in [2.75, 3.05) is 0 Å². The van der Waals surface area contributed by atoms with Crippen molar-refractivity contribution in [3.63, 3.8) is 0 Å². The molecule has 5 nitrogen and oxygen atoms in total. The van der Waals surface area contributed by atoms with Gasteiger partial charge in [0.05, 0.1) is 17.9 Å². The first-order valence-corrected chi connectivity index (χ1v) is 5.01. The lowest BCUT2D eigenvalue weighted by Gasteiger charge is -2.14. The number of aromatic nitrogens is 3. The van der Waals surface area contributed by atoms with Crippen LogP contribution in [0.25, 0.3) is 0 Å². The van der Waals surface area contributed by atoms with Crippen molar-refractivity contribution >= 4 is 0 Å². The first-order valence-electron chi connectivity index (χ1n) is 5.01. The van der Waals surface area contributed by atoms with E-state index in [1.54, 1.807) is 24.8 Å². The lowest BCUT2D eigenvalue weighted by Crippen LogP contribution is -2.30. The van der Waals surface area contributed by atoms with E-state index >= 15 is 0 Å². The monoisotopic (exact) mass is 215 g/mol. The van der Waals surface area contributed by atoms with E-state index in [9.17, 15) is 0 Å². The zero-order valence-electron chi connectivity index (χ0n) is 8.74. The molecule has 2 rings (SSSR count). The second-order valence-electron chi connectivity index (χ2n) is 3.41. The molecule has 0 aliphatic carbocycles. The molecular weight excluding hydrogens is 202 g/mol. The van der Waals surface area contributed by atoms with Gasteiger partial charge in [-0.25, -0.2) is 0 Å². The highest BCUT2D eigenvalue weighted by atomic mass is 15.2. The molecule has 0 aromatic carbocycles. The average Bonchev–Trinajstić information content (AvgIpc) is 2.38. The Morgan fingerprint density at radius 1 is 1.19 bits per heavy atom. The summed E-state index contributed by atoms with van der Waals surface area (Å²) >= 11 is 0. The minimum atomic E-state index is -0.0436. The van der Waals surface area contributed by atoms with Gasteiger partial charge in [0, 0.05) is 24.8 Å². The molecule has 2 aromatic heterocycles. The van der Waals surface area contributed by atoms with Crippen LogP contribution in [0.3, 0.4) is 0 Å². The maximum absolute atomic E-state index is 5.51. The number of rotatable bonds is 4. The SMILES string of the molecule is NNC(Cc1cccnc1)c1cnccn1. The van der Waals surface area contributed by atoms with Crippen LogP contribution < -0.4 is 11.3 Å². The van der Waals surface area contributed by atoms with E-state index in [0.29, 0.717) is 0 Å². The Morgan fingerprint density at radius 2 is 2.06 bits per heavy atom. The highest BCUT2D eigenvalue weighted by Crippen LogP contribution is 2.13. The predicted molar refractivity (Wildman–Crippen MR) is 60.0 cm³/mol. The second kappa shape index (κ2) is 5.29. The van der Waals surface area contributed by atoms with Gasteiger partial charge in [0.2, 0.25) is 0 Å². The Bertz CT molecular complexity index is 417. The van der Waals surface area contributed by atoms with E-state index in [4.69, 9.17) is 5.84 Å². The van der Waals surface area contributed by atoms with Crippen LogP contribution in [-0.4, -0.2) is 15.0 Å². The Labute approximate surface area is 93.7 Å². The smallest absolute Gasteiger partial charge is 0.0772 e. The van der Waals surface area contributed by atoms with Crippen molar-refractivity contribution in [3.05, 3.63) is 54.4 Å². The van der Waals surface area contributed by atoms with E-state index in [0.717, 1.165) is 17.7 Å². The van der Waals surface area contributed by atoms with Crippen LogP contribution >= 0.6 is 0 Å². The van der Waals surface area contributed by atoms with Crippen molar-refractivity contribution in [3.8, 4) is 0 Å². The van der Waals surface area contributed by atoms with E-state index < -0.39 is 0 Å². The summed E-state index contributed by atoms with van der Waals surface area (Å²) in [6.07, 6.45) is 9.31. The van der Waals surface area contributed by atoms with Gasteiger partial charge in [-0.1, -0.05) is 6.07 Å². The van der Waals surface area contributed by atoms with Gasteiger partial charge in [-0.2, -0.15) is 0 Å². The largest absolute Gasteiger partial charge is 0.271 e. The number of hydrazine groups is 1. The third-order valence-electron chi connectivity index (χ3n) is 2.30. The average molecular weight is 215 g/mol. The van der Waals surface area contributed by atoms with Crippen LogP contribution in [0.15, 0.2) is 43.1 Å². The molecule has 0 bridgehead atoms. The number of nitrogens with zero attached hydrogens (tertiary/aromatic N) is 3. The van der Waals surface area contributed by atoms with Gasteiger partial charge in [0.15, 0.2) is 0 Å². The molecule has 0 aliphatic rings. The number of hydrogen-bond donors (Lipinski definition) is 2. The summed E-state index contributed by atoms with van der Waals surface area (Å²) in [6, 6.07) is 3.87. The molecule has 0 radical (unpaired) electrons. The molecule has 0 aliphatic heterocycles. The number of nitrogens with two attached hydrogens (primary N) is 1. The second-order valence-corrected chi connectivity index (χ2v) is 3.41. The number of nitrogens with one attached hydrogen (secondary N) is 1. The molecular formula is C11H13N5. The van der Waals surface area contributed by atoms with Gasteiger partial charge in [-0.15, -0.1) is 0 Å². The predicted octanol–water partition coefficient (Wildman–Crippen LogP) is 0.619. The molecule has 0 saturated heterocycles. The van der Waals surface area contributed by atoms with Crippen LogP contribution in [0, 0.1) is 0 Å². The van der Waals surface area contributed by atoms with Gasteiger partial charge >= 0.3 is 0 Å². The maximum Gasteiger partial charge on any atom is 0.0772 e. The first-order chi connectivity index (χ1) is 7.90. The summed E-state index contributed by atoms with van der Waals surface area (Å²) in [4.78, 5) is 12.3. The quantitative estimate of drug-likeness (QED) is 0.577. The van der Waals surface area contributed by atoms with Crippen LogP contribution in [-0.2, 0) is 6.42 Å². The van der Waals surface area contributed by atoms with Crippen molar-refractivity contribution in [2.45, 2.75) is 12.5 Å². The van der Waals surface area contributed by atoms with Gasteiger partial charge in [0.25, 0.3) is 0 Å². The van der Waals surface area contributed by atoms with Crippen molar-refractivity contribution in [2.24, 2.45) is 5.84 Å². The standard InChI is InChI=1S/C11H13N5/c12-16-10(11-8-14-4-5-15-11)6-9-2-1-3-13-7-9/h1-5,7-8,10,16H,6,12H2. The molecule has 82 valence electrons. The molecule has 2 heterocycles. The van der Waals surface area contributed by atoms with Gasteiger partial charge in [0.1, 0.15) is 0 Å². The van der Waals surface area contributed by atoms with Crippen molar-refractivity contribution in [1.82, 2.24) is 20.4 Å². The summed E-state index contributed by atoms with van der Waals surface area (Å²) in [5.74, 6) is 5.51. The Kier molecular flexibility index (Phi) is 3.53. The van der Waals surface area contributed by atoms with Crippen molar-refractivity contribution in [1.29, 1.82) is 0 Å². The number of pyridine rings is 1. The fourth-order valence-corrected chi connectivity index (χ4v) is 1.49. The molecule has 0 fully saturated rings. The van der Waals surface area contributed by atoms with Crippen LogP contribution in [0.5, 0.6) is 0 Å². The fraction of sp³-hybridized carbons (Fsp3) is 0.182. The third-order valence-corrected chi connectivity index (χ3v) is 2.30. The van der Waals surface area contributed by atoms with Gasteiger partial charge in [-0.05, 0) is 18.1 Å². The molecule has 0 amide bonds. The zero-order chi connectivity index (χ0) is 11.2. The van der Waals surface area contributed by atoms with Gasteiger partial charge < -0.3 is 0 Å². The minimum absolute atomic E-state index is 0.0436. The fourth-order valence-electron chi connectivity index (χ4n) is 1.49. The lowest BCUT2D eigenvalue weighted by molar-refractivity contribution is 0.535. The minimum Gasteiger partial charge on any atom is -0.271 e. The molecule has 0 spiro atoms. The molecule has 5 heteroatoms. The van der Waals surface area contributed by atoms with E-state index in [1.807, 2.05) is 18.3 Å². The number of hydrogen-bond acceptors (Lipinski definition) is 5. The molecule has 0 saturated carbocycles. The van der Waals surface area contributed by atoms with Crippen LogP contribution in [0.2, 0.25) is 0 Å². The molecule has 1 unspecified atom stereocenters. The summed E-state index contributed by atoms with van der Waals surface area (Å²) in [7, 11) is 0. The lowest BCUT2D eigenvalue weighted by atomic mass is 10.1. The molecule has 3 N–H and O–H groups in total. The molecule has 2 aromatic rings. The highest BCUT2D eigenvalue weighted by Gasteiger charge is 2.11. The highest BCUT2D eigenvalue weighted by molar-refractivity contribution is 5.14.